The molecule has 0 saturated carbocycles. The number of carbonyl (C=O) groups is 2. The lowest BCUT2D eigenvalue weighted by Gasteiger charge is -2.19. The summed E-state index contributed by atoms with van der Waals surface area (Å²) in [6, 6.07) is 8.68. The van der Waals surface area contributed by atoms with Crippen LogP contribution in [-0.4, -0.2) is 22.5 Å². The van der Waals surface area contributed by atoms with Gasteiger partial charge in [0.1, 0.15) is 5.15 Å². The molecular weight excluding hydrogens is 363 g/mol. The van der Waals surface area contributed by atoms with Crippen molar-refractivity contribution in [1.29, 1.82) is 0 Å². The molecule has 3 rings (SSSR count). The number of carbonyl (C=O) groups excluding carboxylic acids is 2. The fraction of sp³-hybridized carbons (Fsp3) is 0.176. The summed E-state index contributed by atoms with van der Waals surface area (Å²) in [6.45, 7) is 1.95. The molecule has 0 radical (unpaired) electrons. The van der Waals surface area contributed by atoms with E-state index in [-0.39, 0.29) is 27.9 Å². The molecule has 0 bridgehead atoms. The molecule has 25 heavy (non-hydrogen) atoms. The average Bonchev–Trinajstić information content (AvgIpc) is 2.58. The molecule has 0 aliphatic carbocycles. The average molecular weight is 377 g/mol. The standard InChI is InChI=1S/C17H14Cl2N4O2/c1-9-6-14(24)22-23-15(9)10-2-4-12(5-3-10)21-17(25)11-7-13(18)16(19)20-8-11/h2-5,7-9H,6H2,1H3,(H,21,25)(H,22,24). The summed E-state index contributed by atoms with van der Waals surface area (Å²) in [5.74, 6) is -0.388. The van der Waals surface area contributed by atoms with Crippen LogP contribution in [0, 0.1) is 5.92 Å². The summed E-state index contributed by atoms with van der Waals surface area (Å²) in [7, 11) is 0. The zero-order chi connectivity index (χ0) is 18.0. The molecule has 1 unspecified atom stereocenters. The van der Waals surface area contributed by atoms with Crippen LogP contribution in [0.1, 0.15) is 29.3 Å². The minimum atomic E-state index is -0.338. The number of rotatable bonds is 3. The SMILES string of the molecule is CC1CC(=O)NN=C1c1ccc(NC(=O)c2cnc(Cl)c(Cl)c2)cc1. The van der Waals surface area contributed by atoms with Crippen LogP contribution in [0.3, 0.4) is 0 Å². The van der Waals surface area contributed by atoms with Crippen molar-refractivity contribution < 1.29 is 9.59 Å². The van der Waals surface area contributed by atoms with E-state index in [1.54, 1.807) is 12.1 Å². The van der Waals surface area contributed by atoms with Crippen molar-refractivity contribution >= 4 is 46.4 Å². The van der Waals surface area contributed by atoms with Crippen LogP contribution in [0.15, 0.2) is 41.6 Å². The molecule has 2 N–H and O–H groups in total. The monoisotopic (exact) mass is 376 g/mol. The molecule has 8 heteroatoms. The lowest BCUT2D eigenvalue weighted by atomic mass is 9.94. The first-order valence-electron chi connectivity index (χ1n) is 7.53. The lowest BCUT2D eigenvalue weighted by molar-refractivity contribution is -0.121. The van der Waals surface area contributed by atoms with Crippen LogP contribution in [0.25, 0.3) is 0 Å². The number of hydrogen-bond donors (Lipinski definition) is 2. The molecule has 1 aliphatic rings. The van der Waals surface area contributed by atoms with Crippen molar-refractivity contribution in [3.63, 3.8) is 0 Å². The molecule has 1 aromatic carbocycles. The third kappa shape index (κ3) is 3.97. The number of hydrazone groups is 1. The Kier molecular flexibility index (Phi) is 5.01. The number of anilines is 1. The van der Waals surface area contributed by atoms with Gasteiger partial charge in [0.15, 0.2) is 0 Å². The number of nitrogens with zero attached hydrogens (tertiary/aromatic N) is 2. The van der Waals surface area contributed by atoms with Crippen LogP contribution in [0.2, 0.25) is 10.2 Å². The Labute approximate surface area is 154 Å². The van der Waals surface area contributed by atoms with Crippen LogP contribution in [0.5, 0.6) is 0 Å². The Morgan fingerprint density at radius 2 is 2.00 bits per heavy atom. The van der Waals surface area contributed by atoms with Gasteiger partial charge in [0.2, 0.25) is 5.91 Å². The number of halogens is 2. The van der Waals surface area contributed by atoms with Gasteiger partial charge in [-0.05, 0) is 23.8 Å². The largest absolute Gasteiger partial charge is 0.322 e. The van der Waals surface area contributed by atoms with Gasteiger partial charge in [0.05, 0.1) is 16.3 Å². The zero-order valence-corrected chi connectivity index (χ0v) is 14.7. The first-order valence-corrected chi connectivity index (χ1v) is 8.29. The predicted octanol–water partition coefficient (Wildman–Crippen LogP) is 3.50. The van der Waals surface area contributed by atoms with Crippen LogP contribution in [-0.2, 0) is 4.79 Å². The van der Waals surface area contributed by atoms with Gasteiger partial charge in [-0.3, -0.25) is 9.59 Å². The fourth-order valence-corrected chi connectivity index (χ4v) is 2.74. The molecule has 128 valence electrons. The Bertz CT molecular complexity index is 865. The lowest BCUT2D eigenvalue weighted by Crippen LogP contribution is -2.31. The van der Waals surface area contributed by atoms with Crippen LogP contribution < -0.4 is 10.7 Å². The molecule has 1 aliphatic heterocycles. The highest BCUT2D eigenvalue weighted by molar-refractivity contribution is 6.41. The number of benzene rings is 1. The van der Waals surface area contributed by atoms with Gasteiger partial charge in [-0.1, -0.05) is 42.3 Å². The summed E-state index contributed by atoms with van der Waals surface area (Å²) < 4.78 is 0. The van der Waals surface area contributed by atoms with Gasteiger partial charge in [-0.25, -0.2) is 10.4 Å². The number of nitrogens with one attached hydrogen (secondary N) is 2. The van der Waals surface area contributed by atoms with Gasteiger partial charge in [-0.15, -0.1) is 0 Å². The van der Waals surface area contributed by atoms with Crippen molar-refractivity contribution in [3.05, 3.63) is 57.8 Å². The Morgan fingerprint density at radius 3 is 2.64 bits per heavy atom. The highest BCUT2D eigenvalue weighted by atomic mass is 35.5. The highest BCUT2D eigenvalue weighted by Crippen LogP contribution is 2.21. The van der Waals surface area contributed by atoms with Gasteiger partial charge >= 0.3 is 0 Å². The Morgan fingerprint density at radius 1 is 1.28 bits per heavy atom. The van der Waals surface area contributed by atoms with E-state index in [0.29, 0.717) is 17.7 Å². The summed E-state index contributed by atoms with van der Waals surface area (Å²) in [4.78, 5) is 27.4. The first-order chi connectivity index (χ1) is 11.9. The van der Waals surface area contributed by atoms with E-state index >= 15 is 0 Å². The van der Waals surface area contributed by atoms with E-state index < -0.39 is 0 Å². The van der Waals surface area contributed by atoms with Crippen LogP contribution >= 0.6 is 23.2 Å². The fourth-order valence-electron chi connectivity index (χ4n) is 2.48. The molecule has 0 fully saturated rings. The predicted molar refractivity (Wildman–Crippen MR) is 97.1 cm³/mol. The summed E-state index contributed by atoms with van der Waals surface area (Å²) in [6.07, 6.45) is 1.76. The Balaban J connectivity index is 1.73. The van der Waals surface area contributed by atoms with E-state index in [4.69, 9.17) is 23.2 Å². The number of pyridine rings is 1. The van der Waals surface area contributed by atoms with E-state index in [0.717, 1.165) is 11.3 Å². The van der Waals surface area contributed by atoms with Crippen molar-refractivity contribution in [2.45, 2.75) is 13.3 Å². The molecular formula is C17H14Cl2N4O2. The van der Waals surface area contributed by atoms with Crippen molar-refractivity contribution in [1.82, 2.24) is 10.4 Å². The van der Waals surface area contributed by atoms with Gasteiger partial charge < -0.3 is 5.32 Å². The number of aromatic nitrogens is 1. The van der Waals surface area contributed by atoms with Gasteiger partial charge in [0, 0.05) is 24.2 Å². The van der Waals surface area contributed by atoms with E-state index in [1.165, 1.54) is 12.3 Å². The topological polar surface area (TPSA) is 83.5 Å². The van der Waals surface area contributed by atoms with Crippen molar-refractivity contribution in [2.24, 2.45) is 11.0 Å². The second-order valence-corrected chi connectivity index (χ2v) is 6.43. The Hall–Kier alpha value is -2.44. The van der Waals surface area contributed by atoms with Gasteiger partial charge in [0.25, 0.3) is 5.91 Å². The highest BCUT2D eigenvalue weighted by Gasteiger charge is 2.21. The second kappa shape index (κ2) is 7.21. The van der Waals surface area contributed by atoms with Crippen molar-refractivity contribution in [2.75, 3.05) is 5.32 Å². The third-order valence-corrected chi connectivity index (χ3v) is 4.44. The summed E-state index contributed by atoms with van der Waals surface area (Å²) >= 11 is 11.6. The van der Waals surface area contributed by atoms with E-state index in [1.807, 2.05) is 19.1 Å². The van der Waals surface area contributed by atoms with Crippen molar-refractivity contribution in [3.8, 4) is 0 Å². The quantitative estimate of drug-likeness (QED) is 0.803. The second-order valence-electron chi connectivity index (χ2n) is 5.67. The maximum absolute atomic E-state index is 12.2. The summed E-state index contributed by atoms with van der Waals surface area (Å²) in [5.41, 5.74) is 5.12. The number of hydrogen-bond acceptors (Lipinski definition) is 4. The molecule has 6 nitrogen and oxygen atoms in total. The zero-order valence-electron chi connectivity index (χ0n) is 13.2. The maximum Gasteiger partial charge on any atom is 0.257 e. The minimum Gasteiger partial charge on any atom is -0.322 e. The molecule has 1 atom stereocenters. The molecule has 2 heterocycles. The minimum absolute atomic E-state index is 0.0384. The third-order valence-electron chi connectivity index (χ3n) is 3.76. The first kappa shape index (κ1) is 17.4. The maximum atomic E-state index is 12.2. The summed E-state index contributed by atoms with van der Waals surface area (Å²) in [5, 5.41) is 7.24. The normalized spacial score (nSPS) is 16.8. The molecule has 2 amide bonds. The molecule has 0 spiro atoms. The van der Waals surface area contributed by atoms with Crippen LogP contribution in [0.4, 0.5) is 5.69 Å². The van der Waals surface area contributed by atoms with Gasteiger partial charge in [-0.2, -0.15) is 5.10 Å². The molecule has 1 aromatic heterocycles. The van der Waals surface area contributed by atoms with E-state index in [2.05, 4.69) is 20.8 Å². The van der Waals surface area contributed by atoms with E-state index in [9.17, 15) is 9.59 Å². The smallest absolute Gasteiger partial charge is 0.257 e. The molecule has 0 saturated heterocycles. The molecule has 2 aromatic rings. The number of amides is 2.